The van der Waals surface area contributed by atoms with Crippen LogP contribution in [-0.2, 0) is 19.4 Å². The Bertz CT molecular complexity index is 1230. The highest BCUT2D eigenvalue weighted by Crippen LogP contribution is 2.52. The average molecular weight is 569 g/mol. The first-order valence-electron chi connectivity index (χ1n) is 12.6. The maximum Gasteiger partial charge on any atom is 0.304 e. The molecular formula is C28H35Cl2NO5S. The predicted octanol–water partition coefficient (Wildman–Crippen LogP) is 6.52. The van der Waals surface area contributed by atoms with Crippen molar-refractivity contribution in [3.8, 4) is 0 Å². The Morgan fingerprint density at radius 3 is 2.32 bits per heavy atom. The Kier molecular flexibility index (Phi) is 9.36. The van der Waals surface area contributed by atoms with Gasteiger partial charge in [-0.1, -0.05) is 61.3 Å². The minimum absolute atomic E-state index is 0.0578. The lowest BCUT2D eigenvalue weighted by Crippen LogP contribution is -2.55. The minimum atomic E-state index is -3.34. The molecule has 0 radical (unpaired) electrons. The van der Waals surface area contributed by atoms with Crippen LogP contribution in [0, 0.1) is 5.41 Å². The van der Waals surface area contributed by atoms with E-state index in [1.165, 1.54) is 0 Å². The van der Waals surface area contributed by atoms with Gasteiger partial charge in [0.25, 0.3) is 0 Å². The van der Waals surface area contributed by atoms with Gasteiger partial charge in [0.2, 0.25) is 5.91 Å². The van der Waals surface area contributed by atoms with Gasteiger partial charge in [0, 0.05) is 22.0 Å². The average Bonchev–Trinajstić information content (AvgIpc) is 2.83. The number of halogens is 2. The van der Waals surface area contributed by atoms with E-state index >= 15 is 0 Å². The van der Waals surface area contributed by atoms with Gasteiger partial charge in [-0.15, -0.1) is 0 Å². The minimum Gasteiger partial charge on any atom is -0.481 e. The van der Waals surface area contributed by atoms with Crippen molar-refractivity contribution in [1.82, 2.24) is 4.90 Å². The number of hydrogen-bond acceptors (Lipinski definition) is 4. The summed E-state index contributed by atoms with van der Waals surface area (Å²) in [5.41, 5.74) is 0.559. The van der Waals surface area contributed by atoms with Crippen LogP contribution in [0.25, 0.3) is 0 Å². The molecule has 1 amide bonds. The topological polar surface area (TPSA) is 91.8 Å². The number of carboxylic acids is 1. The standard InChI is InChI=1S/C28H35Cl2NO5S/c1-5-19(3)37(35,36)14-13-18(2)31-26(20-9-11-22(29)12-10-20)24(21-7-6-8-23(30)15-21)16-28(4,27(31)34)17-25(32)33/h6-12,15,18-19,24,26H,5,13-14,16-17H2,1-4H3,(H,32,33)/t18-,19-,24+,26+,28+/m0/s1. The van der Waals surface area contributed by atoms with Crippen molar-refractivity contribution in [2.24, 2.45) is 5.41 Å². The zero-order valence-corrected chi connectivity index (χ0v) is 24.0. The number of aliphatic carboxylic acids is 1. The molecule has 2 aromatic carbocycles. The molecular weight excluding hydrogens is 533 g/mol. The molecule has 3 rings (SSSR count). The van der Waals surface area contributed by atoms with Gasteiger partial charge in [-0.05, 0) is 68.5 Å². The number of benzene rings is 2. The molecule has 1 heterocycles. The van der Waals surface area contributed by atoms with Crippen molar-refractivity contribution < 1.29 is 23.1 Å². The molecule has 5 atom stereocenters. The molecule has 1 aliphatic rings. The van der Waals surface area contributed by atoms with E-state index in [2.05, 4.69) is 0 Å². The molecule has 202 valence electrons. The lowest BCUT2D eigenvalue weighted by atomic mass is 9.67. The smallest absolute Gasteiger partial charge is 0.304 e. The molecule has 0 unspecified atom stereocenters. The molecule has 1 saturated heterocycles. The maximum absolute atomic E-state index is 14.1. The van der Waals surface area contributed by atoms with Crippen LogP contribution in [0.2, 0.25) is 10.0 Å². The third-order valence-corrected chi connectivity index (χ3v) is 10.5. The van der Waals surface area contributed by atoms with Crippen LogP contribution in [0.3, 0.4) is 0 Å². The van der Waals surface area contributed by atoms with Crippen molar-refractivity contribution >= 4 is 44.9 Å². The van der Waals surface area contributed by atoms with Crippen LogP contribution in [0.4, 0.5) is 0 Å². The number of likely N-dealkylation sites (tertiary alicyclic amines) is 1. The first kappa shape index (κ1) is 29.5. The molecule has 1 aliphatic heterocycles. The maximum atomic E-state index is 14.1. The molecule has 0 aliphatic carbocycles. The SMILES string of the molecule is CC[C@H](C)S(=O)(=O)CC[C@H](C)N1C(=O)[C@@](C)(CC(=O)O)C[C@H](c2cccc(Cl)c2)[C@H]1c1ccc(Cl)cc1. The van der Waals surface area contributed by atoms with E-state index in [0.717, 1.165) is 11.1 Å². The van der Waals surface area contributed by atoms with Gasteiger partial charge in [-0.25, -0.2) is 8.42 Å². The zero-order chi connectivity index (χ0) is 27.5. The first-order valence-corrected chi connectivity index (χ1v) is 15.0. The molecule has 0 bridgehead atoms. The van der Waals surface area contributed by atoms with Crippen LogP contribution in [-0.4, -0.2) is 47.3 Å². The number of amides is 1. The van der Waals surface area contributed by atoms with Gasteiger partial charge >= 0.3 is 5.97 Å². The van der Waals surface area contributed by atoms with E-state index in [4.69, 9.17) is 23.2 Å². The van der Waals surface area contributed by atoms with Crippen LogP contribution in [0.1, 0.15) is 76.5 Å². The second-order valence-electron chi connectivity index (χ2n) is 10.4. The second-order valence-corrected chi connectivity index (χ2v) is 13.8. The molecule has 0 saturated carbocycles. The predicted molar refractivity (Wildman–Crippen MR) is 148 cm³/mol. The fourth-order valence-electron chi connectivity index (χ4n) is 5.29. The van der Waals surface area contributed by atoms with Crippen molar-refractivity contribution in [3.05, 3.63) is 69.7 Å². The molecule has 6 nitrogen and oxygen atoms in total. The van der Waals surface area contributed by atoms with Crippen LogP contribution in [0.15, 0.2) is 48.5 Å². The summed E-state index contributed by atoms with van der Waals surface area (Å²) < 4.78 is 25.6. The summed E-state index contributed by atoms with van der Waals surface area (Å²) in [5.74, 6) is -1.67. The number of piperidine rings is 1. The zero-order valence-electron chi connectivity index (χ0n) is 21.7. The number of rotatable bonds is 10. The quantitative estimate of drug-likeness (QED) is 0.352. The Balaban J connectivity index is 2.14. The van der Waals surface area contributed by atoms with E-state index in [9.17, 15) is 23.1 Å². The summed E-state index contributed by atoms with van der Waals surface area (Å²) in [6.07, 6.45) is 0.735. The highest BCUT2D eigenvalue weighted by atomic mass is 35.5. The number of hydrogen-bond donors (Lipinski definition) is 1. The summed E-state index contributed by atoms with van der Waals surface area (Å²) in [7, 11) is -3.34. The van der Waals surface area contributed by atoms with Crippen molar-refractivity contribution in [1.29, 1.82) is 0 Å². The number of sulfone groups is 1. The van der Waals surface area contributed by atoms with Crippen molar-refractivity contribution in [2.45, 2.75) is 76.6 Å². The normalized spacial score (nSPS) is 24.1. The van der Waals surface area contributed by atoms with Crippen molar-refractivity contribution in [3.63, 3.8) is 0 Å². The van der Waals surface area contributed by atoms with Gasteiger partial charge in [-0.2, -0.15) is 0 Å². The largest absolute Gasteiger partial charge is 0.481 e. The molecule has 1 fully saturated rings. The molecule has 0 spiro atoms. The van der Waals surface area contributed by atoms with Gasteiger partial charge < -0.3 is 10.0 Å². The molecule has 1 N–H and O–H groups in total. The van der Waals surface area contributed by atoms with E-state index in [1.807, 2.05) is 44.2 Å². The highest BCUT2D eigenvalue weighted by Gasteiger charge is 2.51. The Hall–Kier alpha value is -2.09. The molecule has 0 aromatic heterocycles. The Morgan fingerprint density at radius 1 is 1.11 bits per heavy atom. The number of carbonyl (C=O) groups is 2. The van der Waals surface area contributed by atoms with E-state index in [1.54, 1.807) is 36.9 Å². The van der Waals surface area contributed by atoms with E-state index in [-0.39, 0.29) is 30.4 Å². The summed E-state index contributed by atoms with van der Waals surface area (Å²) >= 11 is 12.5. The number of carboxylic acid groups (broad SMARTS) is 1. The molecule has 2 aromatic rings. The van der Waals surface area contributed by atoms with Crippen LogP contribution >= 0.6 is 23.2 Å². The summed E-state index contributed by atoms with van der Waals surface area (Å²) in [6.45, 7) is 7.06. The van der Waals surface area contributed by atoms with Crippen molar-refractivity contribution in [2.75, 3.05) is 5.75 Å². The van der Waals surface area contributed by atoms with Gasteiger partial charge in [0.1, 0.15) is 0 Å². The molecule has 9 heteroatoms. The third-order valence-electron chi connectivity index (χ3n) is 7.61. The highest BCUT2D eigenvalue weighted by molar-refractivity contribution is 7.92. The second kappa shape index (κ2) is 11.7. The van der Waals surface area contributed by atoms with Gasteiger partial charge in [-0.3, -0.25) is 9.59 Å². The van der Waals surface area contributed by atoms with E-state index in [0.29, 0.717) is 22.9 Å². The fourth-order valence-corrected chi connectivity index (χ4v) is 7.20. The number of nitrogens with zero attached hydrogens (tertiary/aromatic N) is 1. The lowest BCUT2D eigenvalue weighted by molar-refractivity contribution is -0.160. The van der Waals surface area contributed by atoms with Gasteiger partial charge in [0.15, 0.2) is 9.84 Å². The third kappa shape index (κ3) is 6.68. The van der Waals surface area contributed by atoms with E-state index < -0.39 is 38.6 Å². The number of carbonyl (C=O) groups excluding carboxylic acids is 1. The Morgan fingerprint density at radius 2 is 1.76 bits per heavy atom. The summed E-state index contributed by atoms with van der Waals surface area (Å²) in [5, 5.41) is 10.3. The Labute approximate surface area is 229 Å². The molecule has 37 heavy (non-hydrogen) atoms. The lowest BCUT2D eigenvalue weighted by Gasteiger charge is -2.51. The summed E-state index contributed by atoms with van der Waals surface area (Å²) in [6, 6.07) is 13.7. The summed E-state index contributed by atoms with van der Waals surface area (Å²) in [4.78, 5) is 27.7. The monoisotopic (exact) mass is 567 g/mol. The van der Waals surface area contributed by atoms with Crippen LogP contribution < -0.4 is 0 Å². The van der Waals surface area contributed by atoms with Crippen LogP contribution in [0.5, 0.6) is 0 Å². The first-order chi connectivity index (χ1) is 17.3. The van der Waals surface area contributed by atoms with Gasteiger partial charge in [0.05, 0.1) is 28.9 Å². The fraction of sp³-hybridized carbons (Fsp3) is 0.500.